The average molecular weight is 360 g/mol. The Labute approximate surface area is 127 Å². The van der Waals surface area contributed by atoms with Crippen molar-refractivity contribution < 1.29 is 19.0 Å². The van der Waals surface area contributed by atoms with Gasteiger partial charge in [-0.3, -0.25) is 4.79 Å². The SMILES string of the molecule is COC(=O)C(SCO)c1nc2cc(F)ccc2cc1Br. The van der Waals surface area contributed by atoms with Gasteiger partial charge in [-0.15, -0.1) is 11.8 Å². The molecular weight excluding hydrogens is 349 g/mol. The molecule has 2 aromatic rings. The lowest BCUT2D eigenvalue weighted by Crippen LogP contribution is -2.14. The maximum atomic E-state index is 13.3. The molecule has 7 heteroatoms. The van der Waals surface area contributed by atoms with Crippen LogP contribution in [0.1, 0.15) is 10.9 Å². The second-order valence-corrected chi connectivity index (χ2v) is 5.81. The summed E-state index contributed by atoms with van der Waals surface area (Å²) in [5.41, 5.74) is 0.838. The summed E-state index contributed by atoms with van der Waals surface area (Å²) >= 11 is 4.33. The highest BCUT2D eigenvalue weighted by Gasteiger charge is 2.26. The van der Waals surface area contributed by atoms with Crippen molar-refractivity contribution in [3.8, 4) is 0 Å². The number of aliphatic hydroxyl groups excluding tert-OH is 1. The van der Waals surface area contributed by atoms with Crippen LogP contribution < -0.4 is 0 Å². The standard InChI is InChI=1S/C13H11BrFNO3S/c1-19-13(18)12(20-6-17)11-9(14)4-7-2-3-8(15)5-10(7)16-11/h2-5,12,17H,6H2,1H3. The Morgan fingerprint density at radius 2 is 2.30 bits per heavy atom. The van der Waals surface area contributed by atoms with E-state index in [0.29, 0.717) is 15.7 Å². The number of carbonyl (C=O) groups is 1. The van der Waals surface area contributed by atoms with Crippen molar-refractivity contribution in [2.45, 2.75) is 5.25 Å². The predicted octanol–water partition coefficient (Wildman–Crippen LogP) is 3.03. The van der Waals surface area contributed by atoms with Gasteiger partial charge >= 0.3 is 5.97 Å². The van der Waals surface area contributed by atoms with Crippen molar-refractivity contribution in [1.82, 2.24) is 4.98 Å². The van der Waals surface area contributed by atoms with E-state index in [1.54, 1.807) is 12.1 Å². The molecule has 0 radical (unpaired) electrons. The maximum absolute atomic E-state index is 13.3. The molecule has 2 rings (SSSR count). The molecule has 1 heterocycles. The first-order valence-electron chi connectivity index (χ1n) is 5.63. The summed E-state index contributed by atoms with van der Waals surface area (Å²) in [6, 6.07) is 6.00. The fourth-order valence-corrected chi connectivity index (χ4v) is 3.19. The maximum Gasteiger partial charge on any atom is 0.325 e. The second-order valence-electron chi connectivity index (χ2n) is 3.89. The highest BCUT2D eigenvalue weighted by Crippen LogP contribution is 2.34. The zero-order valence-corrected chi connectivity index (χ0v) is 12.9. The van der Waals surface area contributed by atoms with Crippen molar-refractivity contribution in [2.24, 2.45) is 0 Å². The smallest absolute Gasteiger partial charge is 0.325 e. The summed E-state index contributed by atoms with van der Waals surface area (Å²) in [5, 5.41) is 9.02. The number of aliphatic hydroxyl groups is 1. The number of carbonyl (C=O) groups excluding carboxylic acids is 1. The van der Waals surface area contributed by atoms with Gasteiger partial charge in [0.2, 0.25) is 0 Å². The minimum atomic E-state index is -0.771. The van der Waals surface area contributed by atoms with Crippen molar-refractivity contribution in [2.75, 3.05) is 13.0 Å². The molecule has 1 aromatic heterocycles. The van der Waals surface area contributed by atoms with Crippen molar-refractivity contribution in [3.05, 3.63) is 40.2 Å². The van der Waals surface area contributed by atoms with Crippen LogP contribution in [0.15, 0.2) is 28.7 Å². The molecule has 4 nitrogen and oxygen atoms in total. The zero-order valence-electron chi connectivity index (χ0n) is 10.5. The molecular formula is C13H11BrFNO3S. The lowest BCUT2D eigenvalue weighted by Gasteiger charge is -2.15. The summed E-state index contributed by atoms with van der Waals surface area (Å²) in [6.07, 6.45) is 0. The molecule has 0 saturated heterocycles. The van der Waals surface area contributed by atoms with Crippen LogP contribution in [0.2, 0.25) is 0 Å². The van der Waals surface area contributed by atoms with Crippen LogP contribution in [0.4, 0.5) is 4.39 Å². The van der Waals surface area contributed by atoms with Crippen LogP contribution in [0.3, 0.4) is 0 Å². The molecule has 1 unspecified atom stereocenters. The number of methoxy groups -OCH3 is 1. The van der Waals surface area contributed by atoms with Gasteiger partial charge in [0.15, 0.2) is 0 Å². The zero-order chi connectivity index (χ0) is 14.7. The minimum absolute atomic E-state index is 0.255. The highest BCUT2D eigenvalue weighted by atomic mass is 79.9. The third kappa shape index (κ3) is 3.11. The van der Waals surface area contributed by atoms with E-state index >= 15 is 0 Å². The lowest BCUT2D eigenvalue weighted by atomic mass is 10.1. The van der Waals surface area contributed by atoms with Gasteiger partial charge < -0.3 is 9.84 Å². The van der Waals surface area contributed by atoms with E-state index in [9.17, 15) is 9.18 Å². The molecule has 1 N–H and O–H groups in total. The van der Waals surface area contributed by atoms with Gasteiger partial charge in [0.1, 0.15) is 11.1 Å². The predicted molar refractivity (Wildman–Crippen MR) is 78.8 cm³/mol. The Morgan fingerprint density at radius 1 is 1.55 bits per heavy atom. The number of fused-ring (bicyclic) bond motifs is 1. The molecule has 0 saturated carbocycles. The Morgan fingerprint density at radius 3 is 2.95 bits per heavy atom. The number of rotatable bonds is 4. The normalized spacial score (nSPS) is 12.4. The second kappa shape index (κ2) is 6.51. The quantitative estimate of drug-likeness (QED) is 0.671. The first-order valence-corrected chi connectivity index (χ1v) is 7.47. The molecule has 0 bridgehead atoms. The van der Waals surface area contributed by atoms with Gasteiger partial charge in [-0.05, 0) is 34.1 Å². The number of hydrogen-bond donors (Lipinski definition) is 1. The summed E-state index contributed by atoms with van der Waals surface area (Å²) in [5.74, 6) is -1.18. The lowest BCUT2D eigenvalue weighted by molar-refractivity contribution is -0.140. The number of benzene rings is 1. The van der Waals surface area contributed by atoms with Crippen molar-refractivity contribution in [3.63, 3.8) is 0 Å². The summed E-state index contributed by atoms with van der Waals surface area (Å²) in [7, 11) is 1.27. The summed E-state index contributed by atoms with van der Waals surface area (Å²) in [6.45, 7) is 0. The van der Waals surface area contributed by atoms with Crippen LogP contribution in [-0.2, 0) is 9.53 Å². The number of thioether (sulfide) groups is 1. The summed E-state index contributed by atoms with van der Waals surface area (Å²) in [4.78, 5) is 16.1. The molecule has 0 aliphatic heterocycles. The van der Waals surface area contributed by atoms with Gasteiger partial charge in [0.25, 0.3) is 0 Å². The van der Waals surface area contributed by atoms with Crippen molar-refractivity contribution in [1.29, 1.82) is 0 Å². The number of esters is 1. The van der Waals surface area contributed by atoms with E-state index < -0.39 is 17.0 Å². The average Bonchev–Trinajstić information content (AvgIpc) is 2.44. The van der Waals surface area contributed by atoms with Gasteiger partial charge in [-0.2, -0.15) is 0 Å². The molecule has 1 atom stereocenters. The van der Waals surface area contributed by atoms with E-state index in [4.69, 9.17) is 9.84 Å². The molecule has 20 heavy (non-hydrogen) atoms. The monoisotopic (exact) mass is 359 g/mol. The van der Waals surface area contributed by atoms with Crippen LogP contribution in [0, 0.1) is 5.82 Å². The van der Waals surface area contributed by atoms with E-state index in [2.05, 4.69) is 20.9 Å². The Bertz CT molecular complexity index is 653. The summed E-state index contributed by atoms with van der Waals surface area (Å²) < 4.78 is 18.6. The Kier molecular flexibility index (Phi) is 4.95. The molecule has 0 amide bonds. The third-order valence-electron chi connectivity index (χ3n) is 2.67. The molecule has 106 valence electrons. The van der Waals surface area contributed by atoms with Crippen LogP contribution in [0.5, 0.6) is 0 Å². The third-order valence-corrected chi connectivity index (χ3v) is 4.20. The fraction of sp³-hybridized carbons (Fsp3) is 0.231. The van der Waals surface area contributed by atoms with E-state index in [1.807, 2.05) is 0 Å². The fourth-order valence-electron chi connectivity index (χ4n) is 1.75. The van der Waals surface area contributed by atoms with Crippen LogP contribution >= 0.6 is 27.7 Å². The van der Waals surface area contributed by atoms with Gasteiger partial charge in [-0.1, -0.05) is 0 Å². The number of ether oxygens (including phenoxy) is 1. The molecule has 0 fully saturated rings. The molecule has 0 spiro atoms. The minimum Gasteiger partial charge on any atom is -0.468 e. The number of pyridine rings is 1. The van der Waals surface area contributed by atoms with Crippen LogP contribution in [-0.4, -0.2) is 29.1 Å². The molecule has 0 aliphatic carbocycles. The Balaban J connectivity index is 2.56. The highest BCUT2D eigenvalue weighted by molar-refractivity contribution is 9.10. The van der Waals surface area contributed by atoms with E-state index in [0.717, 1.165) is 17.1 Å². The first-order chi connectivity index (χ1) is 9.56. The number of aromatic nitrogens is 1. The van der Waals surface area contributed by atoms with E-state index in [1.165, 1.54) is 19.2 Å². The van der Waals surface area contributed by atoms with Gasteiger partial charge in [0, 0.05) is 15.9 Å². The topological polar surface area (TPSA) is 59.4 Å². The number of hydrogen-bond acceptors (Lipinski definition) is 5. The largest absolute Gasteiger partial charge is 0.468 e. The number of halogens is 2. The number of nitrogens with zero attached hydrogens (tertiary/aromatic N) is 1. The van der Waals surface area contributed by atoms with E-state index in [-0.39, 0.29) is 5.94 Å². The first kappa shape index (κ1) is 15.2. The van der Waals surface area contributed by atoms with Gasteiger partial charge in [-0.25, -0.2) is 9.37 Å². The Hall–Kier alpha value is -1.18. The van der Waals surface area contributed by atoms with Crippen LogP contribution in [0.25, 0.3) is 10.9 Å². The molecule has 0 aliphatic rings. The van der Waals surface area contributed by atoms with Crippen molar-refractivity contribution >= 4 is 44.6 Å². The van der Waals surface area contributed by atoms with Gasteiger partial charge in [0.05, 0.1) is 24.3 Å². The molecule has 1 aromatic carbocycles.